The van der Waals surface area contributed by atoms with Crippen LogP contribution in [0.5, 0.6) is 0 Å². The van der Waals surface area contributed by atoms with Gasteiger partial charge in [-0.25, -0.2) is 0 Å². The highest BCUT2D eigenvalue weighted by atomic mass is 32.2. The van der Waals surface area contributed by atoms with Crippen molar-refractivity contribution < 1.29 is 0 Å². The highest BCUT2D eigenvalue weighted by Gasteiger charge is 2.16. The summed E-state index contributed by atoms with van der Waals surface area (Å²) in [6.07, 6.45) is 0. The monoisotopic (exact) mass is 263 g/mol. The molecule has 17 heavy (non-hydrogen) atoms. The molecule has 2 rings (SSSR count). The van der Waals surface area contributed by atoms with E-state index in [-0.39, 0.29) is 6.04 Å². The number of nitrogens with two attached hydrogens (primary N) is 1. The molecule has 1 aromatic heterocycles. The van der Waals surface area contributed by atoms with Crippen LogP contribution in [0.2, 0.25) is 0 Å². The lowest BCUT2D eigenvalue weighted by atomic mass is 10.0. The summed E-state index contributed by atoms with van der Waals surface area (Å²) in [5.74, 6) is 0. The van der Waals surface area contributed by atoms with Crippen LogP contribution in [-0.4, -0.2) is 5.25 Å². The maximum absolute atomic E-state index is 6.29. The first-order valence-electron chi connectivity index (χ1n) is 5.69. The first kappa shape index (κ1) is 12.7. The van der Waals surface area contributed by atoms with Crippen molar-refractivity contribution in [2.24, 2.45) is 5.73 Å². The molecular formula is C14H17NS2. The van der Waals surface area contributed by atoms with Crippen molar-refractivity contribution in [3.63, 3.8) is 0 Å². The fourth-order valence-electron chi connectivity index (χ4n) is 1.65. The second-order valence-electron chi connectivity index (χ2n) is 4.19. The Hall–Kier alpha value is -0.770. The highest BCUT2D eigenvalue weighted by Crippen LogP contribution is 2.33. The Bertz CT molecular complexity index is 448. The Labute approximate surface area is 111 Å². The van der Waals surface area contributed by atoms with Crippen molar-refractivity contribution in [2.45, 2.75) is 29.3 Å². The predicted molar refractivity (Wildman–Crippen MR) is 77.7 cm³/mol. The first-order valence-corrected chi connectivity index (χ1v) is 7.45. The summed E-state index contributed by atoms with van der Waals surface area (Å²) in [7, 11) is 0. The SMILES string of the molecule is Cc1ccc(C(N)C(C)Sc2cccs2)cc1. The van der Waals surface area contributed by atoms with E-state index >= 15 is 0 Å². The van der Waals surface area contributed by atoms with Gasteiger partial charge in [0.1, 0.15) is 0 Å². The van der Waals surface area contributed by atoms with Gasteiger partial charge in [0.2, 0.25) is 0 Å². The van der Waals surface area contributed by atoms with Gasteiger partial charge in [0.15, 0.2) is 0 Å². The second-order valence-corrected chi connectivity index (χ2v) is 6.82. The fraction of sp³-hybridized carbons (Fsp3) is 0.286. The Morgan fingerprint density at radius 3 is 2.47 bits per heavy atom. The van der Waals surface area contributed by atoms with Crippen molar-refractivity contribution in [3.8, 4) is 0 Å². The molecule has 0 aliphatic heterocycles. The average Bonchev–Trinajstić information content (AvgIpc) is 2.82. The maximum Gasteiger partial charge on any atom is 0.0601 e. The Balaban J connectivity index is 2.04. The minimum absolute atomic E-state index is 0.0858. The van der Waals surface area contributed by atoms with Crippen LogP contribution in [0.1, 0.15) is 24.1 Å². The molecule has 0 aliphatic rings. The molecule has 1 nitrogen and oxygen atoms in total. The first-order chi connectivity index (χ1) is 8.16. The van der Waals surface area contributed by atoms with Gasteiger partial charge >= 0.3 is 0 Å². The van der Waals surface area contributed by atoms with Crippen LogP contribution in [0.3, 0.4) is 0 Å². The van der Waals surface area contributed by atoms with E-state index < -0.39 is 0 Å². The van der Waals surface area contributed by atoms with Gasteiger partial charge in [-0.15, -0.1) is 23.1 Å². The number of rotatable bonds is 4. The van der Waals surface area contributed by atoms with Crippen molar-refractivity contribution in [3.05, 3.63) is 52.9 Å². The largest absolute Gasteiger partial charge is 0.323 e. The number of hydrogen-bond donors (Lipinski definition) is 1. The summed E-state index contributed by atoms with van der Waals surface area (Å²) in [6.45, 7) is 4.29. The lowest BCUT2D eigenvalue weighted by molar-refractivity contribution is 0.715. The van der Waals surface area contributed by atoms with E-state index in [1.807, 2.05) is 11.8 Å². The van der Waals surface area contributed by atoms with Gasteiger partial charge in [0.25, 0.3) is 0 Å². The zero-order chi connectivity index (χ0) is 12.3. The van der Waals surface area contributed by atoms with Crippen LogP contribution in [0.4, 0.5) is 0 Å². The van der Waals surface area contributed by atoms with Crippen LogP contribution in [0.25, 0.3) is 0 Å². The van der Waals surface area contributed by atoms with Gasteiger partial charge in [0.05, 0.1) is 4.21 Å². The molecule has 90 valence electrons. The van der Waals surface area contributed by atoms with E-state index in [1.54, 1.807) is 11.3 Å². The molecule has 2 N–H and O–H groups in total. The van der Waals surface area contributed by atoms with Gasteiger partial charge in [-0.05, 0) is 23.9 Å². The van der Waals surface area contributed by atoms with Gasteiger partial charge < -0.3 is 5.73 Å². The minimum atomic E-state index is 0.0858. The topological polar surface area (TPSA) is 26.0 Å². The van der Waals surface area contributed by atoms with E-state index in [2.05, 4.69) is 55.6 Å². The Kier molecular flexibility index (Phi) is 4.26. The molecule has 0 fully saturated rings. The van der Waals surface area contributed by atoms with E-state index in [4.69, 9.17) is 5.73 Å². The van der Waals surface area contributed by atoms with Gasteiger partial charge in [-0.3, -0.25) is 0 Å². The summed E-state index contributed by atoms with van der Waals surface area (Å²) in [6, 6.07) is 12.8. The van der Waals surface area contributed by atoms with Crippen LogP contribution in [0, 0.1) is 6.92 Å². The predicted octanol–water partition coefficient (Wildman–Crippen LogP) is 4.24. The van der Waals surface area contributed by atoms with Crippen molar-refractivity contribution in [1.29, 1.82) is 0 Å². The van der Waals surface area contributed by atoms with Crippen molar-refractivity contribution in [1.82, 2.24) is 0 Å². The molecule has 0 radical (unpaired) electrons. The zero-order valence-electron chi connectivity index (χ0n) is 10.1. The van der Waals surface area contributed by atoms with Crippen LogP contribution in [0.15, 0.2) is 46.0 Å². The molecule has 2 aromatic rings. The van der Waals surface area contributed by atoms with Crippen molar-refractivity contribution >= 4 is 23.1 Å². The molecule has 1 heterocycles. The number of aryl methyl sites for hydroxylation is 1. The van der Waals surface area contributed by atoms with E-state index in [1.165, 1.54) is 15.3 Å². The molecular weight excluding hydrogens is 246 g/mol. The second kappa shape index (κ2) is 5.71. The molecule has 0 saturated heterocycles. The number of thiophene rings is 1. The Morgan fingerprint density at radius 1 is 1.18 bits per heavy atom. The summed E-state index contributed by atoms with van der Waals surface area (Å²) in [5.41, 5.74) is 8.78. The van der Waals surface area contributed by atoms with E-state index in [0.29, 0.717) is 5.25 Å². The fourth-order valence-corrected chi connectivity index (χ4v) is 3.77. The number of benzene rings is 1. The third kappa shape index (κ3) is 3.35. The third-order valence-corrected chi connectivity index (χ3v) is 5.04. The Morgan fingerprint density at radius 2 is 1.88 bits per heavy atom. The highest BCUT2D eigenvalue weighted by molar-refractivity contribution is 8.01. The lowest BCUT2D eigenvalue weighted by Gasteiger charge is -2.19. The molecule has 2 unspecified atom stereocenters. The summed E-state index contributed by atoms with van der Waals surface area (Å²) in [4.78, 5) is 0. The summed E-state index contributed by atoms with van der Waals surface area (Å²) >= 11 is 3.62. The number of hydrogen-bond acceptors (Lipinski definition) is 3. The molecule has 0 bridgehead atoms. The van der Waals surface area contributed by atoms with Gasteiger partial charge in [-0.1, -0.05) is 42.8 Å². The normalized spacial score (nSPS) is 14.5. The van der Waals surface area contributed by atoms with Gasteiger partial charge in [0, 0.05) is 11.3 Å². The van der Waals surface area contributed by atoms with E-state index in [0.717, 1.165) is 0 Å². The summed E-state index contributed by atoms with van der Waals surface area (Å²) in [5, 5.41) is 2.49. The summed E-state index contributed by atoms with van der Waals surface area (Å²) < 4.78 is 1.33. The van der Waals surface area contributed by atoms with E-state index in [9.17, 15) is 0 Å². The minimum Gasteiger partial charge on any atom is -0.323 e. The maximum atomic E-state index is 6.29. The van der Waals surface area contributed by atoms with Gasteiger partial charge in [-0.2, -0.15) is 0 Å². The molecule has 2 atom stereocenters. The molecule has 0 saturated carbocycles. The molecule has 0 amide bonds. The smallest absolute Gasteiger partial charge is 0.0601 e. The lowest BCUT2D eigenvalue weighted by Crippen LogP contribution is -2.20. The third-order valence-electron chi connectivity index (χ3n) is 2.77. The molecule has 3 heteroatoms. The average molecular weight is 263 g/mol. The zero-order valence-corrected chi connectivity index (χ0v) is 11.7. The number of thioether (sulfide) groups is 1. The van der Waals surface area contributed by atoms with Crippen LogP contribution >= 0.6 is 23.1 Å². The molecule has 0 aliphatic carbocycles. The molecule has 0 spiro atoms. The quantitative estimate of drug-likeness (QED) is 0.835. The standard InChI is InChI=1S/C14H17NS2/c1-10-5-7-12(8-6-10)14(15)11(2)17-13-4-3-9-16-13/h3-9,11,14H,15H2,1-2H3. The van der Waals surface area contributed by atoms with Crippen LogP contribution in [-0.2, 0) is 0 Å². The van der Waals surface area contributed by atoms with Crippen molar-refractivity contribution in [2.75, 3.05) is 0 Å². The molecule has 1 aromatic carbocycles. The van der Waals surface area contributed by atoms with Crippen LogP contribution < -0.4 is 5.73 Å².